The van der Waals surface area contributed by atoms with E-state index in [4.69, 9.17) is 11.6 Å². The van der Waals surface area contributed by atoms with Crippen LogP contribution >= 0.6 is 23.4 Å². The molecule has 0 unspecified atom stereocenters. The third kappa shape index (κ3) is 2.27. The van der Waals surface area contributed by atoms with Gasteiger partial charge in [0.05, 0.1) is 30.4 Å². The summed E-state index contributed by atoms with van der Waals surface area (Å²) in [6, 6.07) is 0. The fraction of sp³-hybridized carbons (Fsp3) is 0.250. The number of hydrogen-bond acceptors (Lipinski definition) is 5. The summed E-state index contributed by atoms with van der Waals surface area (Å²) in [6.45, 7) is 0.162. The van der Waals surface area contributed by atoms with Gasteiger partial charge in [-0.05, 0) is 0 Å². The van der Waals surface area contributed by atoms with Crippen molar-refractivity contribution in [3.8, 4) is 0 Å². The fourth-order valence-corrected chi connectivity index (χ4v) is 1.94. The Labute approximate surface area is 94.8 Å². The zero-order chi connectivity index (χ0) is 10.8. The first-order valence-corrected chi connectivity index (χ1v) is 5.47. The minimum atomic E-state index is -0.239. The van der Waals surface area contributed by atoms with Gasteiger partial charge in [-0.25, -0.2) is 4.98 Å². The van der Waals surface area contributed by atoms with Gasteiger partial charge in [0, 0.05) is 0 Å². The molecule has 1 aliphatic rings. The molecule has 0 spiro atoms. The average molecular weight is 244 g/mol. The van der Waals surface area contributed by atoms with E-state index in [-0.39, 0.29) is 28.6 Å². The highest BCUT2D eigenvalue weighted by atomic mass is 35.5. The molecular weight excluding hydrogens is 238 g/mol. The predicted molar refractivity (Wildman–Crippen MR) is 55.4 cm³/mol. The zero-order valence-electron chi connectivity index (χ0n) is 7.51. The van der Waals surface area contributed by atoms with Gasteiger partial charge in [-0.3, -0.25) is 19.5 Å². The number of halogens is 1. The second kappa shape index (κ2) is 4.16. The molecule has 1 aromatic heterocycles. The number of thioether (sulfide) groups is 1. The van der Waals surface area contributed by atoms with Crippen molar-refractivity contribution in [3.63, 3.8) is 0 Å². The van der Waals surface area contributed by atoms with Crippen LogP contribution in [0.15, 0.2) is 12.4 Å². The van der Waals surface area contributed by atoms with E-state index < -0.39 is 0 Å². The van der Waals surface area contributed by atoms with Crippen molar-refractivity contribution >= 4 is 34.5 Å². The van der Waals surface area contributed by atoms with Crippen LogP contribution in [-0.4, -0.2) is 31.8 Å². The van der Waals surface area contributed by atoms with E-state index >= 15 is 0 Å². The van der Waals surface area contributed by atoms with Gasteiger partial charge in [-0.15, -0.1) is 0 Å². The number of aromatic nitrogens is 2. The molecule has 2 amide bonds. The Morgan fingerprint density at radius 2 is 2.20 bits per heavy atom. The van der Waals surface area contributed by atoms with Crippen molar-refractivity contribution in [1.29, 1.82) is 0 Å². The Morgan fingerprint density at radius 1 is 1.40 bits per heavy atom. The van der Waals surface area contributed by atoms with E-state index in [0.29, 0.717) is 5.69 Å². The van der Waals surface area contributed by atoms with Crippen molar-refractivity contribution in [2.24, 2.45) is 0 Å². The Morgan fingerprint density at radius 3 is 2.73 bits per heavy atom. The van der Waals surface area contributed by atoms with Crippen molar-refractivity contribution in [1.82, 2.24) is 14.9 Å². The molecular formula is C8H6ClN3O2S. The number of hydrogen-bond donors (Lipinski definition) is 0. The Bertz CT molecular complexity index is 393. The topological polar surface area (TPSA) is 63.2 Å². The van der Waals surface area contributed by atoms with E-state index in [0.717, 1.165) is 16.7 Å². The molecule has 1 fully saturated rings. The van der Waals surface area contributed by atoms with Crippen molar-refractivity contribution in [2.45, 2.75) is 6.54 Å². The molecule has 0 saturated carbocycles. The largest absolute Gasteiger partial charge is 0.289 e. The van der Waals surface area contributed by atoms with Gasteiger partial charge < -0.3 is 0 Å². The summed E-state index contributed by atoms with van der Waals surface area (Å²) in [4.78, 5) is 31.5. The second-order valence-electron chi connectivity index (χ2n) is 2.86. The van der Waals surface area contributed by atoms with E-state index in [1.54, 1.807) is 0 Å². The number of carbonyl (C=O) groups excluding carboxylic acids is 2. The van der Waals surface area contributed by atoms with Crippen LogP contribution in [0.2, 0.25) is 5.15 Å². The summed E-state index contributed by atoms with van der Waals surface area (Å²) >= 11 is 6.56. The van der Waals surface area contributed by atoms with Gasteiger partial charge in [0.15, 0.2) is 0 Å². The predicted octanol–water partition coefficient (Wildman–Crippen LogP) is 1.33. The maximum Gasteiger partial charge on any atom is 0.289 e. The van der Waals surface area contributed by atoms with Crippen LogP contribution in [0, 0.1) is 0 Å². The molecule has 0 bridgehead atoms. The van der Waals surface area contributed by atoms with Gasteiger partial charge in [0.2, 0.25) is 5.91 Å². The van der Waals surface area contributed by atoms with Crippen molar-refractivity contribution < 1.29 is 9.59 Å². The first kappa shape index (κ1) is 10.4. The fourth-order valence-electron chi connectivity index (χ4n) is 1.12. The lowest BCUT2D eigenvalue weighted by molar-refractivity contribution is -0.125. The number of imide groups is 1. The highest BCUT2D eigenvalue weighted by Crippen LogP contribution is 2.20. The Balaban J connectivity index is 2.11. The molecule has 1 aliphatic heterocycles. The minimum Gasteiger partial charge on any atom is -0.273 e. The molecule has 0 atom stereocenters. The summed E-state index contributed by atoms with van der Waals surface area (Å²) < 4.78 is 0. The second-order valence-corrected chi connectivity index (χ2v) is 4.18. The monoisotopic (exact) mass is 243 g/mol. The molecule has 7 heteroatoms. The van der Waals surface area contributed by atoms with Crippen LogP contribution in [0.5, 0.6) is 0 Å². The van der Waals surface area contributed by atoms with E-state index in [2.05, 4.69) is 9.97 Å². The maximum absolute atomic E-state index is 11.3. The van der Waals surface area contributed by atoms with Gasteiger partial charge in [-0.1, -0.05) is 23.4 Å². The minimum absolute atomic E-state index is 0.162. The van der Waals surface area contributed by atoms with Gasteiger partial charge in [0.25, 0.3) is 5.24 Å². The molecule has 0 aromatic carbocycles. The van der Waals surface area contributed by atoms with E-state index in [1.807, 2.05) is 0 Å². The smallest absolute Gasteiger partial charge is 0.273 e. The standard InChI is InChI=1S/C8H6ClN3O2S/c9-6-2-10-5(1-11-6)3-12-7(13)4-15-8(12)14/h1-2H,3-4H2. The van der Waals surface area contributed by atoms with Crippen molar-refractivity contribution in [2.75, 3.05) is 5.75 Å². The first-order valence-electron chi connectivity index (χ1n) is 4.10. The summed E-state index contributed by atoms with van der Waals surface area (Å²) in [5.74, 6) is 0.0154. The SMILES string of the molecule is O=C1CSC(=O)N1Cc1cnc(Cl)cn1. The quantitative estimate of drug-likeness (QED) is 0.784. The highest BCUT2D eigenvalue weighted by Gasteiger charge is 2.30. The van der Waals surface area contributed by atoms with Crippen molar-refractivity contribution in [3.05, 3.63) is 23.2 Å². The third-order valence-corrected chi connectivity index (χ3v) is 2.89. The molecule has 2 rings (SSSR count). The molecule has 0 aliphatic carbocycles. The van der Waals surface area contributed by atoms with Crippen LogP contribution in [-0.2, 0) is 11.3 Å². The molecule has 78 valence electrons. The van der Waals surface area contributed by atoms with E-state index in [1.165, 1.54) is 12.4 Å². The molecule has 2 heterocycles. The average Bonchev–Trinajstić information content (AvgIpc) is 2.53. The molecule has 15 heavy (non-hydrogen) atoms. The van der Waals surface area contributed by atoms with Crippen LogP contribution in [0.25, 0.3) is 0 Å². The van der Waals surface area contributed by atoms with Crippen LogP contribution in [0.4, 0.5) is 4.79 Å². The van der Waals surface area contributed by atoms with Gasteiger partial charge in [0.1, 0.15) is 5.15 Å². The Kier molecular flexibility index (Phi) is 2.88. The molecule has 0 N–H and O–H groups in total. The third-order valence-electron chi connectivity index (χ3n) is 1.83. The lowest BCUT2D eigenvalue weighted by Gasteiger charge is -2.11. The lowest BCUT2D eigenvalue weighted by atomic mass is 10.4. The number of carbonyl (C=O) groups is 2. The Hall–Kier alpha value is -1.14. The first-order chi connectivity index (χ1) is 7.16. The van der Waals surface area contributed by atoms with Crippen LogP contribution < -0.4 is 0 Å². The summed E-state index contributed by atoms with van der Waals surface area (Å²) in [5.41, 5.74) is 0.545. The van der Waals surface area contributed by atoms with Crippen LogP contribution in [0.1, 0.15) is 5.69 Å². The summed E-state index contributed by atoms with van der Waals surface area (Å²) in [6.07, 6.45) is 2.83. The molecule has 0 radical (unpaired) electrons. The lowest BCUT2D eigenvalue weighted by Crippen LogP contribution is -2.28. The normalized spacial score (nSPS) is 16.2. The maximum atomic E-state index is 11.3. The van der Waals surface area contributed by atoms with E-state index in [9.17, 15) is 9.59 Å². The number of amides is 2. The van der Waals surface area contributed by atoms with Crippen LogP contribution in [0.3, 0.4) is 0 Å². The van der Waals surface area contributed by atoms with Gasteiger partial charge in [-0.2, -0.15) is 0 Å². The zero-order valence-corrected chi connectivity index (χ0v) is 9.09. The highest BCUT2D eigenvalue weighted by molar-refractivity contribution is 8.14. The molecule has 1 saturated heterocycles. The number of nitrogens with zero attached hydrogens (tertiary/aromatic N) is 3. The summed E-state index contributed by atoms with van der Waals surface area (Å²) in [5, 5.41) is 0.0453. The molecule has 1 aromatic rings. The number of rotatable bonds is 2. The van der Waals surface area contributed by atoms with Gasteiger partial charge >= 0.3 is 0 Å². The summed E-state index contributed by atoms with van der Waals surface area (Å²) in [7, 11) is 0. The molecule has 5 nitrogen and oxygen atoms in total.